The average Bonchev–Trinajstić information content (AvgIpc) is 3.28. The lowest BCUT2D eigenvalue weighted by Gasteiger charge is -2.25. The minimum Gasteiger partial charge on any atom is -0.488 e. The van der Waals surface area contributed by atoms with Crippen molar-refractivity contribution in [3.05, 3.63) is 29.8 Å². The lowest BCUT2D eigenvalue weighted by molar-refractivity contribution is -0.143. The summed E-state index contributed by atoms with van der Waals surface area (Å²) in [5, 5.41) is 12.0. The number of nitrogens with zero attached hydrogens (tertiary/aromatic N) is 1. The van der Waals surface area contributed by atoms with Gasteiger partial charge in [0.15, 0.2) is 0 Å². The summed E-state index contributed by atoms with van der Waals surface area (Å²) >= 11 is 0. The zero-order valence-electron chi connectivity index (χ0n) is 13.2. The Labute approximate surface area is 135 Å². The van der Waals surface area contributed by atoms with Crippen molar-refractivity contribution in [1.29, 1.82) is 0 Å². The van der Waals surface area contributed by atoms with E-state index in [0.717, 1.165) is 30.6 Å². The van der Waals surface area contributed by atoms with E-state index in [-0.39, 0.29) is 24.6 Å². The number of benzene rings is 1. The van der Waals surface area contributed by atoms with Gasteiger partial charge in [0.25, 0.3) is 0 Å². The van der Waals surface area contributed by atoms with Crippen LogP contribution in [0, 0.1) is 0 Å². The number of para-hydroxylation sites is 1. The van der Waals surface area contributed by atoms with Crippen molar-refractivity contribution < 1.29 is 19.4 Å². The number of carbonyl (C=O) groups is 2. The van der Waals surface area contributed by atoms with Gasteiger partial charge in [-0.3, -0.25) is 14.5 Å². The molecule has 0 bridgehead atoms. The number of amides is 1. The van der Waals surface area contributed by atoms with Crippen LogP contribution >= 0.6 is 0 Å². The van der Waals surface area contributed by atoms with Crippen molar-refractivity contribution in [2.75, 3.05) is 13.1 Å². The molecule has 1 amide bonds. The number of hydrogen-bond acceptors (Lipinski definition) is 4. The fraction of sp³-hybridized carbons (Fsp3) is 0.529. The standard InChI is InChI=1S/C17H22N2O4/c1-11(17(21)22)19(13-6-7-13)10-16(20)18-9-14-8-12-4-2-3-5-15(12)23-14/h2-5,11,13-14H,6-10H2,1H3,(H,18,20)(H,21,22). The van der Waals surface area contributed by atoms with Crippen molar-refractivity contribution >= 4 is 11.9 Å². The zero-order valence-corrected chi connectivity index (χ0v) is 13.2. The summed E-state index contributed by atoms with van der Waals surface area (Å²) < 4.78 is 5.79. The molecule has 1 saturated carbocycles. The van der Waals surface area contributed by atoms with E-state index in [9.17, 15) is 9.59 Å². The third-order valence-corrected chi connectivity index (χ3v) is 4.44. The molecule has 3 rings (SSSR count). The molecular weight excluding hydrogens is 296 g/mol. The van der Waals surface area contributed by atoms with Gasteiger partial charge in [0.1, 0.15) is 17.9 Å². The van der Waals surface area contributed by atoms with Gasteiger partial charge in [-0.25, -0.2) is 0 Å². The van der Waals surface area contributed by atoms with Crippen molar-refractivity contribution in [3.8, 4) is 5.75 Å². The predicted octanol–water partition coefficient (Wildman–Crippen LogP) is 1.04. The van der Waals surface area contributed by atoms with Gasteiger partial charge in [-0.15, -0.1) is 0 Å². The zero-order chi connectivity index (χ0) is 16.4. The molecule has 1 aromatic carbocycles. The average molecular weight is 318 g/mol. The fourth-order valence-corrected chi connectivity index (χ4v) is 2.95. The molecule has 2 atom stereocenters. The highest BCUT2D eigenvalue weighted by molar-refractivity contribution is 5.80. The van der Waals surface area contributed by atoms with Crippen molar-refractivity contribution in [3.63, 3.8) is 0 Å². The van der Waals surface area contributed by atoms with Crippen LogP contribution in [0.1, 0.15) is 25.3 Å². The monoisotopic (exact) mass is 318 g/mol. The first kappa shape index (κ1) is 15.8. The summed E-state index contributed by atoms with van der Waals surface area (Å²) in [6, 6.07) is 7.45. The molecule has 0 spiro atoms. The Bertz CT molecular complexity index is 575. The molecule has 1 fully saturated rings. The summed E-state index contributed by atoms with van der Waals surface area (Å²) in [4.78, 5) is 25.1. The Morgan fingerprint density at radius 3 is 2.78 bits per heavy atom. The van der Waals surface area contributed by atoms with Crippen LogP contribution in [0.15, 0.2) is 24.3 Å². The molecule has 23 heavy (non-hydrogen) atoms. The summed E-state index contributed by atoms with van der Waals surface area (Å²) in [6.45, 7) is 2.19. The molecule has 1 aliphatic carbocycles. The Hall–Kier alpha value is -2.08. The second-order valence-corrected chi connectivity index (χ2v) is 6.27. The second kappa shape index (κ2) is 6.58. The normalized spacial score (nSPS) is 20.7. The minimum atomic E-state index is -0.890. The van der Waals surface area contributed by atoms with Gasteiger partial charge in [0.05, 0.1) is 13.1 Å². The lowest BCUT2D eigenvalue weighted by Crippen LogP contribution is -2.47. The number of ether oxygens (including phenoxy) is 1. The van der Waals surface area contributed by atoms with Crippen LogP contribution in [0.5, 0.6) is 5.75 Å². The molecule has 124 valence electrons. The van der Waals surface area contributed by atoms with Crippen LogP contribution < -0.4 is 10.1 Å². The number of carboxylic acid groups (broad SMARTS) is 1. The van der Waals surface area contributed by atoms with Gasteiger partial charge in [0.2, 0.25) is 5.91 Å². The van der Waals surface area contributed by atoms with Crippen LogP contribution in [-0.2, 0) is 16.0 Å². The Balaban J connectivity index is 1.47. The largest absolute Gasteiger partial charge is 0.488 e. The van der Waals surface area contributed by atoms with Gasteiger partial charge in [-0.05, 0) is 31.4 Å². The van der Waals surface area contributed by atoms with Crippen molar-refractivity contribution in [2.45, 2.75) is 44.4 Å². The first-order valence-corrected chi connectivity index (χ1v) is 8.04. The maximum atomic E-state index is 12.1. The maximum Gasteiger partial charge on any atom is 0.320 e. The SMILES string of the molecule is CC(C(=O)O)N(CC(=O)NCC1Cc2ccccc2O1)C1CC1. The first-order valence-electron chi connectivity index (χ1n) is 8.04. The van der Waals surface area contributed by atoms with E-state index in [1.165, 1.54) is 0 Å². The smallest absolute Gasteiger partial charge is 0.320 e. The van der Waals surface area contributed by atoms with Gasteiger partial charge >= 0.3 is 5.97 Å². The quantitative estimate of drug-likeness (QED) is 0.785. The van der Waals surface area contributed by atoms with Gasteiger partial charge in [-0.1, -0.05) is 18.2 Å². The molecule has 2 N–H and O–H groups in total. The van der Waals surface area contributed by atoms with Crippen LogP contribution in [0.3, 0.4) is 0 Å². The highest BCUT2D eigenvalue weighted by atomic mass is 16.5. The lowest BCUT2D eigenvalue weighted by atomic mass is 10.1. The fourth-order valence-electron chi connectivity index (χ4n) is 2.95. The molecule has 6 heteroatoms. The van der Waals surface area contributed by atoms with E-state index in [4.69, 9.17) is 9.84 Å². The molecule has 2 unspecified atom stereocenters. The number of hydrogen-bond donors (Lipinski definition) is 2. The Kier molecular flexibility index (Phi) is 4.52. The molecule has 2 aliphatic rings. The third-order valence-electron chi connectivity index (χ3n) is 4.44. The van der Waals surface area contributed by atoms with Crippen LogP contribution in [-0.4, -0.2) is 53.2 Å². The van der Waals surface area contributed by atoms with E-state index in [1.807, 2.05) is 24.3 Å². The number of fused-ring (bicyclic) bond motifs is 1. The molecule has 0 saturated heterocycles. The third kappa shape index (κ3) is 3.82. The second-order valence-electron chi connectivity index (χ2n) is 6.27. The van der Waals surface area contributed by atoms with Gasteiger partial charge in [-0.2, -0.15) is 0 Å². The van der Waals surface area contributed by atoms with E-state index in [0.29, 0.717) is 6.54 Å². The number of carboxylic acids is 1. The molecular formula is C17H22N2O4. The molecule has 0 radical (unpaired) electrons. The molecule has 6 nitrogen and oxygen atoms in total. The molecule has 1 heterocycles. The summed E-state index contributed by atoms with van der Waals surface area (Å²) in [5.74, 6) is -0.158. The van der Waals surface area contributed by atoms with Gasteiger partial charge < -0.3 is 15.2 Å². The van der Waals surface area contributed by atoms with Crippen molar-refractivity contribution in [1.82, 2.24) is 10.2 Å². The van der Waals surface area contributed by atoms with Crippen molar-refractivity contribution in [2.24, 2.45) is 0 Å². The van der Waals surface area contributed by atoms with Crippen LogP contribution in [0.25, 0.3) is 0 Å². The maximum absolute atomic E-state index is 12.1. The predicted molar refractivity (Wildman–Crippen MR) is 84.4 cm³/mol. The number of carbonyl (C=O) groups excluding carboxylic acids is 1. The van der Waals surface area contributed by atoms with E-state index in [2.05, 4.69) is 5.32 Å². The number of rotatable bonds is 7. The molecule has 1 aromatic rings. The van der Waals surface area contributed by atoms with Crippen LogP contribution in [0.4, 0.5) is 0 Å². The number of aliphatic carboxylic acids is 1. The molecule has 1 aliphatic heterocycles. The number of nitrogens with one attached hydrogen (secondary N) is 1. The van der Waals surface area contributed by atoms with Crippen LogP contribution in [0.2, 0.25) is 0 Å². The summed E-state index contributed by atoms with van der Waals surface area (Å²) in [5.41, 5.74) is 1.16. The highest BCUT2D eigenvalue weighted by Crippen LogP contribution is 2.29. The Morgan fingerprint density at radius 1 is 1.39 bits per heavy atom. The van der Waals surface area contributed by atoms with Gasteiger partial charge in [0, 0.05) is 12.5 Å². The highest BCUT2D eigenvalue weighted by Gasteiger charge is 2.36. The summed E-state index contributed by atoms with van der Waals surface area (Å²) in [6.07, 6.45) is 2.66. The summed E-state index contributed by atoms with van der Waals surface area (Å²) in [7, 11) is 0. The first-order chi connectivity index (χ1) is 11.0. The molecule has 0 aromatic heterocycles. The van der Waals surface area contributed by atoms with E-state index < -0.39 is 12.0 Å². The topological polar surface area (TPSA) is 78.9 Å². The minimum absolute atomic E-state index is 0.0531. The van der Waals surface area contributed by atoms with E-state index in [1.54, 1.807) is 11.8 Å². The Morgan fingerprint density at radius 2 is 2.13 bits per heavy atom. The van der Waals surface area contributed by atoms with E-state index >= 15 is 0 Å².